The molecule has 0 spiro atoms. The summed E-state index contributed by atoms with van der Waals surface area (Å²) in [5.41, 5.74) is 0. The van der Waals surface area contributed by atoms with Crippen molar-refractivity contribution in [3.63, 3.8) is 0 Å². The van der Waals surface area contributed by atoms with Crippen LogP contribution in [0.1, 0.15) is 33.6 Å². The van der Waals surface area contributed by atoms with Crippen molar-refractivity contribution in [3.8, 4) is 0 Å². The van der Waals surface area contributed by atoms with Crippen molar-refractivity contribution in [1.29, 1.82) is 0 Å². The van der Waals surface area contributed by atoms with Crippen LogP contribution in [0.25, 0.3) is 0 Å². The van der Waals surface area contributed by atoms with Crippen LogP contribution in [-0.2, 0) is 11.3 Å². The molecule has 0 aliphatic heterocycles. The molecule has 0 unspecified atom stereocenters. The van der Waals surface area contributed by atoms with Gasteiger partial charge in [0.2, 0.25) is 11.1 Å². The SMILES string of the molecule is CCCNCCn1nnnc1SCC(=O)NCCC(C)C. The highest BCUT2D eigenvalue weighted by molar-refractivity contribution is 7.99. The number of tetrazole rings is 1. The molecule has 1 amide bonds. The van der Waals surface area contributed by atoms with Gasteiger partial charge in [0.05, 0.1) is 12.3 Å². The topological polar surface area (TPSA) is 84.7 Å². The molecule has 0 aliphatic carbocycles. The summed E-state index contributed by atoms with van der Waals surface area (Å²) in [7, 11) is 0. The largest absolute Gasteiger partial charge is 0.355 e. The first kappa shape index (κ1) is 17.9. The third-order valence-electron chi connectivity index (χ3n) is 2.80. The van der Waals surface area contributed by atoms with Crippen LogP contribution in [0, 0.1) is 5.92 Å². The van der Waals surface area contributed by atoms with E-state index in [-0.39, 0.29) is 5.91 Å². The summed E-state index contributed by atoms with van der Waals surface area (Å²) in [5, 5.41) is 18.5. The Morgan fingerprint density at radius 3 is 2.86 bits per heavy atom. The van der Waals surface area contributed by atoms with Gasteiger partial charge in [0.15, 0.2) is 0 Å². The first-order chi connectivity index (χ1) is 10.1. The Morgan fingerprint density at radius 1 is 1.33 bits per heavy atom. The first-order valence-electron chi connectivity index (χ1n) is 7.49. The predicted molar refractivity (Wildman–Crippen MR) is 84.2 cm³/mol. The molecule has 0 saturated heterocycles. The van der Waals surface area contributed by atoms with Gasteiger partial charge in [-0.25, -0.2) is 4.68 Å². The fourth-order valence-corrected chi connectivity index (χ4v) is 2.34. The lowest BCUT2D eigenvalue weighted by atomic mass is 10.1. The van der Waals surface area contributed by atoms with Crippen LogP contribution < -0.4 is 10.6 Å². The molecular weight excluding hydrogens is 288 g/mol. The minimum absolute atomic E-state index is 0.0271. The maximum absolute atomic E-state index is 11.7. The van der Waals surface area contributed by atoms with Gasteiger partial charge in [0.25, 0.3) is 0 Å². The van der Waals surface area contributed by atoms with Crippen molar-refractivity contribution >= 4 is 17.7 Å². The molecule has 8 heteroatoms. The van der Waals surface area contributed by atoms with Gasteiger partial charge in [-0.05, 0) is 35.7 Å². The van der Waals surface area contributed by atoms with E-state index in [1.54, 1.807) is 4.68 Å². The fraction of sp³-hybridized carbons (Fsp3) is 0.846. The smallest absolute Gasteiger partial charge is 0.230 e. The summed E-state index contributed by atoms with van der Waals surface area (Å²) >= 11 is 1.37. The summed E-state index contributed by atoms with van der Waals surface area (Å²) in [6.07, 6.45) is 2.10. The third kappa shape index (κ3) is 8.01. The van der Waals surface area contributed by atoms with Crippen molar-refractivity contribution in [2.75, 3.05) is 25.4 Å². The van der Waals surface area contributed by atoms with E-state index in [0.717, 1.165) is 32.5 Å². The van der Waals surface area contributed by atoms with Gasteiger partial charge in [0, 0.05) is 13.1 Å². The van der Waals surface area contributed by atoms with Gasteiger partial charge in [-0.1, -0.05) is 32.5 Å². The third-order valence-corrected chi connectivity index (χ3v) is 3.76. The van der Waals surface area contributed by atoms with Gasteiger partial charge in [-0.3, -0.25) is 4.79 Å². The van der Waals surface area contributed by atoms with Gasteiger partial charge < -0.3 is 10.6 Å². The molecule has 0 aromatic carbocycles. The molecular formula is C13H26N6OS. The van der Waals surface area contributed by atoms with Gasteiger partial charge in [0.1, 0.15) is 0 Å². The monoisotopic (exact) mass is 314 g/mol. The molecule has 2 N–H and O–H groups in total. The summed E-state index contributed by atoms with van der Waals surface area (Å²) in [4.78, 5) is 11.7. The molecule has 1 heterocycles. The minimum Gasteiger partial charge on any atom is -0.355 e. The molecule has 1 rings (SSSR count). The first-order valence-corrected chi connectivity index (χ1v) is 8.48. The van der Waals surface area contributed by atoms with Gasteiger partial charge >= 0.3 is 0 Å². The number of carbonyl (C=O) groups excluding carboxylic acids is 1. The lowest BCUT2D eigenvalue weighted by Crippen LogP contribution is -2.27. The average molecular weight is 314 g/mol. The van der Waals surface area contributed by atoms with Crippen LogP contribution in [0.5, 0.6) is 0 Å². The van der Waals surface area contributed by atoms with Gasteiger partial charge in [-0.2, -0.15) is 0 Å². The number of aromatic nitrogens is 4. The summed E-state index contributed by atoms with van der Waals surface area (Å²) in [6, 6.07) is 0. The Morgan fingerprint density at radius 2 is 2.14 bits per heavy atom. The maximum atomic E-state index is 11.7. The lowest BCUT2D eigenvalue weighted by Gasteiger charge is -2.07. The fourth-order valence-electron chi connectivity index (χ4n) is 1.61. The van der Waals surface area contributed by atoms with Crippen LogP contribution >= 0.6 is 11.8 Å². The number of hydrogen-bond acceptors (Lipinski definition) is 6. The normalized spacial score (nSPS) is 11.0. The summed E-state index contributed by atoms with van der Waals surface area (Å²) < 4.78 is 1.73. The molecule has 21 heavy (non-hydrogen) atoms. The minimum atomic E-state index is 0.0271. The number of carbonyl (C=O) groups is 1. The molecule has 7 nitrogen and oxygen atoms in total. The van der Waals surface area contributed by atoms with Crippen LogP contribution in [0.2, 0.25) is 0 Å². The van der Waals surface area contributed by atoms with Gasteiger partial charge in [-0.15, -0.1) is 5.10 Å². The number of hydrogen-bond donors (Lipinski definition) is 2. The van der Waals surface area contributed by atoms with Crippen LogP contribution in [-0.4, -0.2) is 51.5 Å². The molecule has 0 saturated carbocycles. The van der Waals surface area contributed by atoms with Crippen LogP contribution in [0.3, 0.4) is 0 Å². The second-order valence-electron chi connectivity index (χ2n) is 5.26. The van der Waals surface area contributed by atoms with E-state index in [0.29, 0.717) is 23.4 Å². The van der Waals surface area contributed by atoms with E-state index in [9.17, 15) is 4.79 Å². The van der Waals surface area contributed by atoms with Crippen molar-refractivity contribution in [2.45, 2.75) is 45.3 Å². The van der Waals surface area contributed by atoms with E-state index in [1.807, 2.05) is 0 Å². The zero-order valence-corrected chi connectivity index (χ0v) is 13.9. The quantitative estimate of drug-likeness (QED) is 0.467. The van der Waals surface area contributed by atoms with Crippen molar-refractivity contribution < 1.29 is 4.79 Å². The summed E-state index contributed by atoms with van der Waals surface area (Å²) in [6.45, 7) is 9.66. The van der Waals surface area contributed by atoms with Crippen molar-refractivity contribution in [3.05, 3.63) is 0 Å². The molecule has 0 atom stereocenters. The number of nitrogens with one attached hydrogen (secondary N) is 2. The van der Waals surface area contributed by atoms with E-state index in [4.69, 9.17) is 0 Å². The van der Waals surface area contributed by atoms with Crippen molar-refractivity contribution in [1.82, 2.24) is 30.8 Å². The van der Waals surface area contributed by atoms with Crippen LogP contribution in [0.4, 0.5) is 0 Å². The van der Waals surface area contributed by atoms with E-state index < -0.39 is 0 Å². The van der Waals surface area contributed by atoms with E-state index in [1.165, 1.54) is 11.8 Å². The highest BCUT2D eigenvalue weighted by Gasteiger charge is 2.09. The molecule has 0 bridgehead atoms. The molecule has 0 fully saturated rings. The number of rotatable bonds is 11. The Labute approximate surface area is 130 Å². The molecule has 0 radical (unpaired) electrons. The van der Waals surface area contributed by atoms with E-state index in [2.05, 4.69) is 46.9 Å². The van der Waals surface area contributed by atoms with Crippen molar-refractivity contribution in [2.24, 2.45) is 5.92 Å². The highest BCUT2D eigenvalue weighted by atomic mass is 32.2. The zero-order valence-electron chi connectivity index (χ0n) is 13.1. The number of nitrogens with zero attached hydrogens (tertiary/aromatic N) is 4. The van der Waals surface area contributed by atoms with Crippen LogP contribution in [0.15, 0.2) is 5.16 Å². The lowest BCUT2D eigenvalue weighted by molar-refractivity contribution is -0.118. The number of amides is 1. The second kappa shape index (κ2) is 10.6. The second-order valence-corrected chi connectivity index (χ2v) is 6.20. The molecule has 1 aromatic rings. The molecule has 120 valence electrons. The van der Waals surface area contributed by atoms with E-state index >= 15 is 0 Å². The predicted octanol–water partition coefficient (Wildman–Crippen LogP) is 0.927. The standard InChI is InChI=1S/C13H26N6OS/c1-4-6-14-8-9-19-13(16-17-18-19)21-10-12(20)15-7-5-11(2)3/h11,14H,4-10H2,1-3H3,(H,15,20). The summed E-state index contributed by atoms with van der Waals surface area (Å²) in [5.74, 6) is 0.973. The maximum Gasteiger partial charge on any atom is 0.230 e. The average Bonchev–Trinajstić information content (AvgIpc) is 2.88. The molecule has 1 aromatic heterocycles. The zero-order chi connectivity index (χ0) is 15.5. The molecule has 0 aliphatic rings. The highest BCUT2D eigenvalue weighted by Crippen LogP contribution is 2.12. The Balaban J connectivity index is 2.25. The Kier molecular flexibility index (Phi) is 9.00. The Bertz CT molecular complexity index is 409. The number of thioether (sulfide) groups is 1. The Hall–Kier alpha value is -1.15.